The standard InChI is InChI=1S/C17H13FN2O3/c18-11-3-6-15-13(8-11)14(17(23)20-15)9-19-12-4-1-10(2-5-12)7-16(21)22/h1-6,8-9,14H,7H2,(H,20,23)(H,21,22). The molecule has 2 aromatic rings. The first-order valence-electron chi connectivity index (χ1n) is 6.98. The Morgan fingerprint density at radius 1 is 1.26 bits per heavy atom. The van der Waals surface area contributed by atoms with Crippen molar-refractivity contribution >= 4 is 29.5 Å². The number of carboxylic acids is 1. The zero-order valence-corrected chi connectivity index (χ0v) is 12.0. The van der Waals surface area contributed by atoms with Gasteiger partial charge in [-0.1, -0.05) is 12.1 Å². The van der Waals surface area contributed by atoms with Crippen molar-refractivity contribution in [2.75, 3.05) is 5.32 Å². The molecular weight excluding hydrogens is 299 g/mol. The zero-order chi connectivity index (χ0) is 16.4. The smallest absolute Gasteiger partial charge is 0.307 e. The van der Waals surface area contributed by atoms with E-state index in [1.807, 2.05) is 0 Å². The topological polar surface area (TPSA) is 78.8 Å². The van der Waals surface area contributed by atoms with Crippen molar-refractivity contribution in [3.05, 3.63) is 59.4 Å². The van der Waals surface area contributed by atoms with Crippen molar-refractivity contribution in [2.45, 2.75) is 12.3 Å². The number of halogens is 1. The minimum absolute atomic E-state index is 0.0539. The van der Waals surface area contributed by atoms with Gasteiger partial charge in [-0.05, 0) is 41.5 Å². The maximum Gasteiger partial charge on any atom is 0.307 e. The first kappa shape index (κ1) is 14.9. The Morgan fingerprint density at radius 2 is 2.00 bits per heavy atom. The van der Waals surface area contributed by atoms with Crippen LogP contribution in [0.4, 0.5) is 15.8 Å². The average Bonchev–Trinajstić information content (AvgIpc) is 2.81. The Hall–Kier alpha value is -3.02. The van der Waals surface area contributed by atoms with E-state index in [9.17, 15) is 14.0 Å². The Bertz CT molecular complexity index is 800. The molecule has 1 amide bonds. The molecule has 0 spiro atoms. The number of anilines is 1. The van der Waals surface area contributed by atoms with E-state index in [0.717, 1.165) is 0 Å². The van der Waals surface area contributed by atoms with Crippen LogP contribution in [0.5, 0.6) is 0 Å². The number of amides is 1. The number of hydrogen-bond acceptors (Lipinski definition) is 3. The van der Waals surface area contributed by atoms with Crippen LogP contribution in [0.3, 0.4) is 0 Å². The summed E-state index contributed by atoms with van der Waals surface area (Å²) in [5, 5.41) is 11.4. The second-order valence-electron chi connectivity index (χ2n) is 5.21. The van der Waals surface area contributed by atoms with Crippen molar-refractivity contribution in [3.63, 3.8) is 0 Å². The number of nitrogens with one attached hydrogen (secondary N) is 1. The highest BCUT2D eigenvalue weighted by Gasteiger charge is 2.29. The van der Waals surface area contributed by atoms with Crippen LogP contribution in [-0.4, -0.2) is 23.2 Å². The Kier molecular flexibility index (Phi) is 3.89. The number of carbonyl (C=O) groups is 2. The van der Waals surface area contributed by atoms with Gasteiger partial charge in [0.15, 0.2) is 0 Å². The van der Waals surface area contributed by atoms with Gasteiger partial charge in [-0.25, -0.2) is 4.39 Å². The summed E-state index contributed by atoms with van der Waals surface area (Å²) < 4.78 is 13.3. The predicted molar refractivity (Wildman–Crippen MR) is 83.7 cm³/mol. The number of hydrogen-bond donors (Lipinski definition) is 2. The van der Waals surface area contributed by atoms with Gasteiger partial charge < -0.3 is 10.4 Å². The fraction of sp³-hybridized carbons (Fsp3) is 0.118. The van der Waals surface area contributed by atoms with E-state index in [1.165, 1.54) is 24.4 Å². The monoisotopic (exact) mass is 312 g/mol. The first-order chi connectivity index (χ1) is 11.0. The number of nitrogens with zero attached hydrogens (tertiary/aromatic N) is 1. The molecule has 0 radical (unpaired) electrons. The van der Waals surface area contributed by atoms with Crippen molar-refractivity contribution in [3.8, 4) is 0 Å². The van der Waals surface area contributed by atoms with Crippen LogP contribution in [-0.2, 0) is 16.0 Å². The molecule has 1 heterocycles. The van der Waals surface area contributed by atoms with Gasteiger partial charge in [0.2, 0.25) is 5.91 Å². The molecule has 6 heteroatoms. The lowest BCUT2D eigenvalue weighted by Gasteiger charge is -2.02. The van der Waals surface area contributed by atoms with Crippen molar-refractivity contribution in [1.82, 2.24) is 0 Å². The molecule has 0 aromatic heterocycles. The number of aliphatic carboxylic acids is 1. The third-order valence-corrected chi connectivity index (χ3v) is 3.55. The minimum Gasteiger partial charge on any atom is -0.481 e. The molecular formula is C17H13FN2O3. The lowest BCUT2D eigenvalue weighted by molar-refractivity contribution is -0.136. The van der Waals surface area contributed by atoms with Crippen molar-refractivity contribution < 1.29 is 19.1 Å². The predicted octanol–water partition coefficient (Wildman–Crippen LogP) is 2.89. The first-order valence-corrected chi connectivity index (χ1v) is 6.98. The van der Waals surface area contributed by atoms with Gasteiger partial charge >= 0.3 is 5.97 Å². The summed E-state index contributed by atoms with van der Waals surface area (Å²) in [5.74, 6) is -2.20. The van der Waals surface area contributed by atoms with Crippen LogP contribution >= 0.6 is 0 Å². The Balaban J connectivity index is 1.79. The maximum atomic E-state index is 13.3. The SMILES string of the molecule is O=C(O)Cc1ccc(N=CC2C(=O)Nc3ccc(F)cc32)cc1. The third kappa shape index (κ3) is 3.26. The van der Waals surface area contributed by atoms with Gasteiger partial charge in [0.25, 0.3) is 0 Å². The summed E-state index contributed by atoms with van der Waals surface area (Å²) in [4.78, 5) is 26.8. The molecule has 1 aliphatic rings. The number of carbonyl (C=O) groups excluding carboxylic acids is 1. The Labute approximate surface area is 131 Å². The quantitative estimate of drug-likeness (QED) is 0.852. The van der Waals surface area contributed by atoms with Gasteiger partial charge in [0.05, 0.1) is 12.1 Å². The molecule has 0 aliphatic carbocycles. The zero-order valence-electron chi connectivity index (χ0n) is 12.0. The van der Waals surface area contributed by atoms with E-state index in [4.69, 9.17) is 5.11 Å². The van der Waals surface area contributed by atoms with Gasteiger partial charge in [-0.3, -0.25) is 14.6 Å². The number of rotatable bonds is 4. The number of carboxylic acid groups (broad SMARTS) is 1. The molecule has 23 heavy (non-hydrogen) atoms. The lowest BCUT2D eigenvalue weighted by Crippen LogP contribution is -2.12. The van der Waals surface area contributed by atoms with Gasteiger partial charge in [0.1, 0.15) is 11.7 Å². The highest BCUT2D eigenvalue weighted by atomic mass is 19.1. The molecule has 0 saturated carbocycles. The molecule has 5 nitrogen and oxygen atoms in total. The molecule has 116 valence electrons. The molecule has 0 saturated heterocycles. The van der Waals surface area contributed by atoms with Crippen LogP contribution in [0.25, 0.3) is 0 Å². The number of benzene rings is 2. The van der Waals surface area contributed by atoms with Crippen LogP contribution in [0.2, 0.25) is 0 Å². The highest BCUT2D eigenvalue weighted by Crippen LogP contribution is 2.32. The van der Waals surface area contributed by atoms with E-state index in [1.54, 1.807) is 24.3 Å². The van der Waals surface area contributed by atoms with E-state index in [-0.39, 0.29) is 12.3 Å². The van der Waals surface area contributed by atoms with Crippen LogP contribution in [0, 0.1) is 5.82 Å². The van der Waals surface area contributed by atoms with Crippen molar-refractivity contribution in [1.29, 1.82) is 0 Å². The Morgan fingerprint density at radius 3 is 2.70 bits per heavy atom. The second-order valence-corrected chi connectivity index (χ2v) is 5.21. The summed E-state index contributed by atoms with van der Waals surface area (Å²) in [5.41, 5.74) is 2.41. The minimum atomic E-state index is -0.900. The van der Waals surface area contributed by atoms with Gasteiger partial charge in [0, 0.05) is 11.9 Å². The molecule has 1 unspecified atom stereocenters. The summed E-state index contributed by atoms with van der Waals surface area (Å²) in [6.07, 6.45) is 1.41. The lowest BCUT2D eigenvalue weighted by atomic mass is 10.0. The molecule has 0 bridgehead atoms. The molecule has 1 atom stereocenters. The fourth-order valence-electron chi connectivity index (χ4n) is 2.44. The molecule has 2 N–H and O–H groups in total. The largest absolute Gasteiger partial charge is 0.481 e. The summed E-state index contributed by atoms with van der Waals surface area (Å²) in [6, 6.07) is 10.8. The van der Waals surface area contributed by atoms with E-state index < -0.39 is 17.7 Å². The van der Waals surface area contributed by atoms with Gasteiger partial charge in [-0.15, -0.1) is 0 Å². The summed E-state index contributed by atoms with van der Waals surface area (Å²) in [6.45, 7) is 0. The van der Waals surface area contributed by atoms with Crippen LogP contribution in [0.1, 0.15) is 17.0 Å². The fourth-order valence-corrected chi connectivity index (χ4v) is 2.44. The third-order valence-electron chi connectivity index (χ3n) is 3.55. The summed E-state index contributed by atoms with van der Waals surface area (Å²) in [7, 11) is 0. The van der Waals surface area contributed by atoms with Crippen molar-refractivity contribution in [2.24, 2.45) is 4.99 Å². The van der Waals surface area contributed by atoms with E-state index in [0.29, 0.717) is 22.5 Å². The molecule has 0 fully saturated rings. The number of aliphatic imine (C=N–C) groups is 1. The van der Waals surface area contributed by atoms with E-state index in [2.05, 4.69) is 10.3 Å². The highest BCUT2D eigenvalue weighted by molar-refractivity contribution is 6.12. The maximum absolute atomic E-state index is 13.3. The normalized spacial score (nSPS) is 16.4. The van der Waals surface area contributed by atoms with Gasteiger partial charge in [-0.2, -0.15) is 0 Å². The van der Waals surface area contributed by atoms with Crippen LogP contribution in [0.15, 0.2) is 47.5 Å². The molecule has 2 aromatic carbocycles. The van der Waals surface area contributed by atoms with E-state index >= 15 is 0 Å². The molecule has 1 aliphatic heterocycles. The molecule has 3 rings (SSSR count). The summed E-state index contributed by atoms with van der Waals surface area (Å²) >= 11 is 0. The number of fused-ring (bicyclic) bond motifs is 1. The second kappa shape index (κ2) is 6.00. The van der Waals surface area contributed by atoms with Crippen LogP contribution < -0.4 is 5.32 Å². The average molecular weight is 312 g/mol.